The maximum Gasteiger partial charge on any atom is 0.422 e. The van der Waals surface area contributed by atoms with Gasteiger partial charge in [-0.2, -0.15) is 13.2 Å². The van der Waals surface area contributed by atoms with Crippen LogP contribution in [0.4, 0.5) is 13.2 Å². The van der Waals surface area contributed by atoms with Crippen LogP contribution in [0.5, 0.6) is 0 Å². The third-order valence-electron chi connectivity index (χ3n) is 3.73. The second kappa shape index (κ2) is 4.00. The number of nitrogens with one attached hydrogen (secondary N) is 1. The molecular formula is C12H12F3N3O3. The van der Waals surface area contributed by atoms with Crippen molar-refractivity contribution in [3.05, 3.63) is 27.7 Å². The molecule has 6 nitrogen and oxygen atoms in total. The minimum absolute atomic E-state index is 0.0756. The summed E-state index contributed by atoms with van der Waals surface area (Å²) in [5, 5.41) is 15.8. The number of hydrogen-bond donors (Lipinski definition) is 2. The first-order chi connectivity index (χ1) is 9.63. The third-order valence-corrected chi connectivity index (χ3v) is 3.73. The smallest absolute Gasteiger partial charge is 0.375 e. The van der Waals surface area contributed by atoms with Crippen molar-refractivity contribution in [3.63, 3.8) is 0 Å². The van der Waals surface area contributed by atoms with Gasteiger partial charge in [0.15, 0.2) is 5.76 Å². The lowest BCUT2D eigenvalue weighted by molar-refractivity contribution is -0.261. The minimum atomic E-state index is -4.88. The van der Waals surface area contributed by atoms with Crippen LogP contribution in [0.15, 0.2) is 15.4 Å². The number of alkyl halides is 3. The number of halogens is 3. The Bertz CT molecular complexity index is 754. The van der Waals surface area contributed by atoms with Crippen LogP contribution in [0.3, 0.4) is 0 Å². The number of fused-ring (bicyclic) bond motifs is 3. The molecule has 2 N–H and O–H groups in total. The van der Waals surface area contributed by atoms with Crippen LogP contribution in [0, 0.1) is 0 Å². The van der Waals surface area contributed by atoms with Crippen LogP contribution in [-0.4, -0.2) is 26.2 Å². The highest BCUT2D eigenvalue weighted by atomic mass is 19.4. The molecule has 0 saturated heterocycles. The zero-order chi connectivity index (χ0) is 15.6. The van der Waals surface area contributed by atoms with Crippen molar-refractivity contribution >= 4 is 0 Å². The maximum atomic E-state index is 13.0. The second-order valence-electron chi connectivity index (χ2n) is 5.36. The van der Waals surface area contributed by atoms with Crippen LogP contribution < -0.4 is 5.56 Å². The van der Waals surface area contributed by atoms with E-state index in [4.69, 9.17) is 4.52 Å². The molecular weight excluding hydrogens is 291 g/mol. The molecule has 2 aromatic heterocycles. The molecule has 0 saturated carbocycles. The summed E-state index contributed by atoms with van der Waals surface area (Å²) >= 11 is 0. The summed E-state index contributed by atoms with van der Waals surface area (Å²) in [6.45, 7) is 2.58. The third kappa shape index (κ3) is 1.84. The van der Waals surface area contributed by atoms with E-state index >= 15 is 0 Å². The highest BCUT2D eigenvalue weighted by Gasteiger charge is 2.55. The molecule has 2 atom stereocenters. The zero-order valence-corrected chi connectivity index (χ0v) is 11.2. The molecule has 0 amide bonds. The summed E-state index contributed by atoms with van der Waals surface area (Å²) in [5.41, 5.74) is -3.55. The molecule has 114 valence electrons. The quantitative estimate of drug-likeness (QED) is 0.840. The molecule has 0 radical (unpaired) electrons. The van der Waals surface area contributed by atoms with E-state index in [1.807, 2.05) is 0 Å². The number of aromatic amines is 1. The molecule has 0 spiro atoms. The van der Waals surface area contributed by atoms with Gasteiger partial charge >= 0.3 is 6.18 Å². The first-order valence-electron chi connectivity index (χ1n) is 6.22. The molecule has 0 aliphatic carbocycles. The van der Waals surface area contributed by atoms with Gasteiger partial charge in [0.05, 0.1) is 0 Å². The van der Waals surface area contributed by atoms with Gasteiger partial charge < -0.3 is 9.63 Å². The number of hydrogen-bond acceptors (Lipinski definition) is 4. The van der Waals surface area contributed by atoms with Crippen molar-refractivity contribution in [1.82, 2.24) is 14.9 Å². The summed E-state index contributed by atoms with van der Waals surface area (Å²) in [7, 11) is 0. The van der Waals surface area contributed by atoms with Crippen molar-refractivity contribution in [2.24, 2.45) is 0 Å². The van der Waals surface area contributed by atoms with Crippen molar-refractivity contribution in [3.8, 4) is 11.5 Å². The molecule has 0 bridgehead atoms. The van der Waals surface area contributed by atoms with Crippen molar-refractivity contribution in [2.75, 3.05) is 0 Å². The van der Waals surface area contributed by atoms with Crippen LogP contribution in [-0.2, 0) is 12.1 Å². The number of aliphatic hydroxyl groups is 1. The SMILES string of the molecule is C[C@H]1Cn2[nH]c(=O)cc2-c2onc([C@@](C)(O)C(F)(F)F)c21. The van der Waals surface area contributed by atoms with Gasteiger partial charge in [-0.3, -0.25) is 14.6 Å². The largest absolute Gasteiger partial charge is 0.422 e. The number of nitrogens with zero attached hydrogens (tertiary/aromatic N) is 2. The van der Waals surface area contributed by atoms with E-state index in [1.54, 1.807) is 6.92 Å². The van der Waals surface area contributed by atoms with Gasteiger partial charge in [0.2, 0.25) is 5.60 Å². The normalized spacial score (nSPS) is 20.8. The summed E-state index contributed by atoms with van der Waals surface area (Å²) in [6.07, 6.45) is -4.88. The number of rotatable bonds is 1. The van der Waals surface area contributed by atoms with Gasteiger partial charge in [0.25, 0.3) is 5.56 Å². The Morgan fingerprint density at radius 3 is 2.81 bits per heavy atom. The lowest BCUT2D eigenvalue weighted by atomic mass is 9.88. The van der Waals surface area contributed by atoms with Gasteiger partial charge in [-0.1, -0.05) is 12.1 Å². The Kier molecular flexibility index (Phi) is 2.65. The summed E-state index contributed by atoms with van der Waals surface area (Å²) in [4.78, 5) is 11.4. The van der Waals surface area contributed by atoms with Crippen LogP contribution in [0.25, 0.3) is 11.5 Å². The Labute approximate surface area is 116 Å². The zero-order valence-electron chi connectivity index (χ0n) is 11.2. The first kappa shape index (κ1) is 13.9. The summed E-state index contributed by atoms with van der Waals surface area (Å²) in [6, 6.07) is 1.22. The Morgan fingerprint density at radius 1 is 1.52 bits per heavy atom. The van der Waals surface area contributed by atoms with E-state index in [0.29, 0.717) is 12.6 Å². The summed E-state index contributed by atoms with van der Waals surface area (Å²) < 4.78 is 45.5. The van der Waals surface area contributed by atoms with Crippen LogP contribution in [0.1, 0.15) is 31.0 Å². The molecule has 3 rings (SSSR count). The average molecular weight is 303 g/mol. The van der Waals surface area contributed by atoms with E-state index in [9.17, 15) is 23.1 Å². The van der Waals surface area contributed by atoms with E-state index in [-0.39, 0.29) is 23.4 Å². The van der Waals surface area contributed by atoms with Gasteiger partial charge in [-0.05, 0) is 6.92 Å². The highest BCUT2D eigenvalue weighted by Crippen LogP contribution is 2.45. The van der Waals surface area contributed by atoms with Gasteiger partial charge in [-0.25, -0.2) is 0 Å². The van der Waals surface area contributed by atoms with E-state index in [1.165, 1.54) is 10.7 Å². The minimum Gasteiger partial charge on any atom is -0.375 e. The Hall–Kier alpha value is -2.03. The molecule has 0 fully saturated rings. The van der Waals surface area contributed by atoms with Crippen molar-refractivity contribution in [2.45, 2.75) is 38.1 Å². The van der Waals surface area contributed by atoms with E-state index in [2.05, 4.69) is 10.3 Å². The van der Waals surface area contributed by atoms with Crippen LogP contribution in [0.2, 0.25) is 0 Å². The van der Waals surface area contributed by atoms with Crippen molar-refractivity contribution in [1.29, 1.82) is 0 Å². The lowest BCUT2D eigenvalue weighted by Crippen LogP contribution is -2.40. The van der Waals surface area contributed by atoms with Gasteiger partial charge in [0.1, 0.15) is 11.4 Å². The Balaban J connectivity index is 2.23. The molecule has 0 unspecified atom stereocenters. The molecule has 1 aliphatic heterocycles. The number of aromatic nitrogens is 3. The lowest BCUT2D eigenvalue weighted by Gasteiger charge is -2.27. The Morgan fingerprint density at radius 2 is 2.19 bits per heavy atom. The molecule has 21 heavy (non-hydrogen) atoms. The topological polar surface area (TPSA) is 84.0 Å². The van der Waals surface area contributed by atoms with Gasteiger partial charge in [0, 0.05) is 24.1 Å². The van der Waals surface area contributed by atoms with Crippen molar-refractivity contribution < 1.29 is 22.8 Å². The fraction of sp³-hybridized carbons (Fsp3) is 0.500. The van der Waals surface area contributed by atoms with Gasteiger partial charge in [-0.15, -0.1) is 0 Å². The molecule has 3 heterocycles. The first-order valence-corrected chi connectivity index (χ1v) is 6.22. The molecule has 2 aromatic rings. The maximum absolute atomic E-state index is 13.0. The van der Waals surface area contributed by atoms with E-state index in [0.717, 1.165) is 0 Å². The highest BCUT2D eigenvalue weighted by molar-refractivity contribution is 5.61. The second-order valence-corrected chi connectivity index (χ2v) is 5.36. The molecule has 0 aromatic carbocycles. The predicted molar refractivity (Wildman–Crippen MR) is 64.6 cm³/mol. The molecule has 1 aliphatic rings. The monoisotopic (exact) mass is 303 g/mol. The number of H-pyrrole nitrogens is 1. The van der Waals surface area contributed by atoms with E-state index < -0.39 is 23.4 Å². The molecule has 9 heteroatoms. The fourth-order valence-corrected chi connectivity index (χ4v) is 2.55. The van der Waals surface area contributed by atoms with Crippen LogP contribution >= 0.6 is 0 Å². The average Bonchev–Trinajstić information content (AvgIpc) is 2.90. The standard InChI is InChI=1S/C12H12F3N3O3/c1-5-4-18-6(3-7(19)16-18)9-8(5)10(17-21-9)11(2,20)12(13,14)15/h3,5,20H,4H2,1-2H3,(H,16,19)/t5-,11+/m0/s1. The fourth-order valence-electron chi connectivity index (χ4n) is 2.55. The predicted octanol–water partition coefficient (Wildman–Crippen LogP) is 1.72. The summed E-state index contributed by atoms with van der Waals surface area (Å²) in [5.74, 6) is -0.322.